The predicted octanol–water partition coefficient (Wildman–Crippen LogP) is 1.82. The lowest BCUT2D eigenvalue weighted by atomic mass is 10.1. The van der Waals surface area contributed by atoms with Gasteiger partial charge in [0.15, 0.2) is 5.82 Å². The summed E-state index contributed by atoms with van der Waals surface area (Å²) in [5, 5.41) is 14.2. The highest BCUT2D eigenvalue weighted by atomic mass is 16.5. The molecule has 0 spiro atoms. The van der Waals surface area contributed by atoms with Crippen molar-refractivity contribution in [3.63, 3.8) is 0 Å². The molecular weight excluding hydrogens is 368 g/mol. The van der Waals surface area contributed by atoms with E-state index in [1.54, 1.807) is 11.8 Å². The second-order valence-corrected chi connectivity index (χ2v) is 7.67. The van der Waals surface area contributed by atoms with Gasteiger partial charge in [0.05, 0.1) is 23.7 Å². The summed E-state index contributed by atoms with van der Waals surface area (Å²) in [4.78, 5) is 17.1. The fraction of sp³-hybridized carbons (Fsp3) is 0.429. The third kappa shape index (κ3) is 3.08. The predicted molar refractivity (Wildman–Crippen MR) is 109 cm³/mol. The van der Waals surface area contributed by atoms with Gasteiger partial charge >= 0.3 is 0 Å². The summed E-state index contributed by atoms with van der Waals surface area (Å²) in [6.45, 7) is 2.86. The van der Waals surface area contributed by atoms with E-state index in [4.69, 9.17) is 4.74 Å². The first-order chi connectivity index (χ1) is 14.1. The number of methoxy groups -OCH3 is 1. The number of rotatable bonds is 3. The van der Waals surface area contributed by atoms with E-state index >= 15 is 0 Å². The van der Waals surface area contributed by atoms with Crippen LogP contribution in [0.15, 0.2) is 24.3 Å². The Morgan fingerprint density at radius 2 is 1.90 bits per heavy atom. The maximum Gasteiger partial charge on any atom is 0.254 e. The van der Waals surface area contributed by atoms with Gasteiger partial charge in [-0.1, -0.05) is 0 Å². The number of ether oxygens (including phenoxy) is 1. The molecule has 1 aliphatic carbocycles. The number of aromatic nitrogens is 4. The first kappa shape index (κ1) is 17.9. The van der Waals surface area contributed by atoms with Gasteiger partial charge in [-0.15, -0.1) is 5.10 Å². The molecular formula is C21H24N6O2. The van der Waals surface area contributed by atoms with Gasteiger partial charge in [-0.05, 0) is 49.1 Å². The van der Waals surface area contributed by atoms with E-state index in [0.717, 1.165) is 48.3 Å². The molecule has 0 radical (unpaired) electrons. The number of fused-ring (bicyclic) bond motifs is 2. The van der Waals surface area contributed by atoms with E-state index in [9.17, 15) is 4.79 Å². The van der Waals surface area contributed by atoms with Gasteiger partial charge in [0.2, 0.25) is 5.88 Å². The molecule has 3 heterocycles. The zero-order chi connectivity index (χ0) is 20.0. The monoisotopic (exact) mass is 392 g/mol. The zero-order valence-corrected chi connectivity index (χ0v) is 16.8. The molecule has 0 saturated carbocycles. The topological polar surface area (TPSA) is 76.4 Å². The van der Waals surface area contributed by atoms with Gasteiger partial charge < -0.3 is 14.5 Å². The second kappa shape index (κ2) is 7.02. The summed E-state index contributed by atoms with van der Waals surface area (Å²) in [7, 11) is 3.46. The van der Waals surface area contributed by atoms with Gasteiger partial charge in [0.1, 0.15) is 0 Å². The summed E-state index contributed by atoms with van der Waals surface area (Å²) >= 11 is 0. The van der Waals surface area contributed by atoms with Gasteiger partial charge in [0.25, 0.3) is 5.91 Å². The molecule has 2 aromatic heterocycles. The molecule has 2 aliphatic rings. The van der Waals surface area contributed by atoms with Crippen molar-refractivity contribution < 1.29 is 9.53 Å². The van der Waals surface area contributed by atoms with Crippen LogP contribution in [-0.2, 0) is 19.9 Å². The van der Waals surface area contributed by atoms with E-state index in [2.05, 4.69) is 26.3 Å². The molecule has 5 rings (SSSR count). The molecule has 29 heavy (non-hydrogen) atoms. The summed E-state index contributed by atoms with van der Waals surface area (Å²) in [5.74, 6) is 1.67. The summed E-state index contributed by atoms with van der Waals surface area (Å²) in [6.07, 6.45) is 3.30. The largest absolute Gasteiger partial charge is 0.481 e. The van der Waals surface area contributed by atoms with Crippen LogP contribution in [0.5, 0.6) is 5.88 Å². The van der Waals surface area contributed by atoms with Crippen molar-refractivity contribution in [2.75, 3.05) is 38.2 Å². The maximum absolute atomic E-state index is 13.0. The fourth-order valence-electron chi connectivity index (χ4n) is 4.34. The molecule has 0 atom stereocenters. The lowest BCUT2D eigenvalue weighted by Crippen LogP contribution is -2.49. The van der Waals surface area contributed by atoms with Crippen molar-refractivity contribution in [1.82, 2.24) is 24.9 Å². The molecule has 0 unspecified atom stereocenters. The van der Waals surface area contributed by atoms with E-state index in [1.165, 1.54) is 12.0 Å². The molecule has 1 aromatic carbocycles. The number of carbonyl (C=O) groups is 1. The van der Waals surface area contributed by atoms with Crippen molar-refractivity contribution in [1.29, 1.82) is 0 Å². The molecule has 1 aliphatic heterocycles. The van der Waals surface area contributed by atoms with Crippen molar-refractivity contribution in [2.24, 2.45) is 7.05 Å². The van der Waals surface area contributed by atoms with Crippen LogP contribution in [0.1, 0.15) is 28.0 Å². The number of anilines is 1. The summed E-state index contributed by atoms with van der Waals surface area (Å²) in [6, 6.07) is 7.78. The van der Waals surface area contributed by atoms with Gasteiger partial charge in [0, 0.05) is 38.8 Å². The molecule has 0 N–H and O–H groups in total. The van der Waals surface area contributed by atoms with Crippen molar-refractivity contribution in [2.45, 2.75) is 19.3 Å². The second-order valence-electron chi connectivity index (χ2n) is 7.67. The lowest BCUT2D eigenvalue weighted by molar-refractivity contribution is 0.0746. The smallest absolute Gasteiger partial charge is 0.254 e. The number of piperazine rings is 1. The first-order valence-electron chi connectivity index (χ1n) is 10.0. The van der Waals surface area contributed by atoms with Gasteiger partial charge in [-0.3, -0.25) is 4.79 Å². The molecule has 3 aromatic rings. The van der Waals surface area contributed by atoms with Crippen LogP contribution in [-0.4, -0.2) is 64.1 Å². The average molecular weight is 392 g/mol. The maximum atomic E-state index is 13.0. The molecule has 150 valence electrons. The lowest BCUT2D eigenvalue weighted by Gasteiger charge is -2.35. The Labute approximate surface area is 169 Å². The normalized spacial score (nSPS) is 16.3. The molecule has 8 nitrogen and oxygen atoms in total. The van der Waals surface area contributed by atoms with Crippen LogP contribution in [0.2, 0.25) is 0 Å². The standard InChI is InChI=1S/C21H24N6O2/c1-25-21(29-2)16-7-6-15(12-18(16)24-25)20(28)27-10-8-26(9-11-27)19-13-14-4-3-5-17(14)22-23-19/h6-7,12-13H,3-5,8-11H2,1-2H3. The number of amides is 1. The Kier molecular flexibility index (Phi) is 4.34. The fourth-order valence-corrected chi connectivity index (χ4v) is 4.34. The quantitative estimate of drug-likeness (QED) is 0.677. The van der Waals surface area contributed by atoms with Crippen LogP contribution in [0.3, 0.4) is 0 Å². The molecule has 1 fully saturated rings. The molecule has 1 amide bonds. The van der Waals surface area contributed by atoms with Crippen LogP contribution < -0.4 is 9.64 Å². The average Bonchev–Trinajstić information content (AvgIpc) is 3.35. The Morgan fingerprint density at radius 1 is 1.07 bits per heavy atom. The Hall–Kier alpha value is -3.16. The SMILES string of the molecule is COc1c2ccc(C(=O)N3CCN(c4cc5c(nn4)CCC5)CC3)cc2nn1C. The van der Waals surface area contributed by atoms with Gasteiger partial charge in [-0.2, -0.15) is 10.2 Å². The zero-order valence-electron chi connectivity index (χ0n) is 16.8. The van der Waals surface area contributed by atoms with Crippen molar-refractivity contribution in [3.05, 3.63) is 41.1 Å². The Bertz CT molecular complexity index is 1080. The molecule has 1 saturated heterocycles. The Morgan fingerprint density at radius 3 is 2.69 bits per heavy atom. The highest BCUT2D eigenvalue weighted by Gasteiger charge is 2.25. The van der Waals surface area contributed by atoms with Crippen LogP contribution in [0.4, 0.5) is 5.82 Å². The van der Waals surface area contributed by atoms with Gasteiger partial charge in [-0.25, -0.2) is 4.68 Å². The highest BCUT2D eigenvalue weighted by molar-refractivity contribution is 5.98. The number of hydrogen-bond acceptors (Lipinski definition) is 6. The van der Waals surface area contributed by atoms with E-state index in [1.807, 2.05) is 30.1 Å². The minimum Gasteiger partial charge on any atom is -0.481 e. The first-order valence-corrected chi connectivity index (χ1v) is 10.0. The number of nitrogens with zero attached hydrogens (tertiary/aromatic N) is 6. The molecule has 0 bridgehead atoms. The number of hydrogen-bond donors (Lipinski definition) is 0. The number of aryl methyl sites for hydroxylation is 3. The van der Waals surface area contributed by atoms with Crippen LogP contribution in [0, 0.1) is 0 Å². The summed E-state index contributed by atoms with van der Waals surface area (Å²) < 4.78 is 7.07. The van der Waals surface area contributed by atoms with E-state index < -0.39 is 0 Å². The number of carbonyl (C=O) groups excluding carboxylic acids is 1. The summed E-state index contributed by atoms with van der Waals surface area (Å²) in [5.41, 5.74) is 3.89. The minimum absolute atomic E-state index is 0.0382. The van der Waals surface area contributed by atoms with E-state index in [-0.39, 0.29) is 5.91 Å². The third-order valence-corrected chi connectivity index (χ3v) is 5.92. The van der Waals surface area contributed by atoms with E-state index in [0.29, 0.717) is 24.5 Å². The molecule has 8 heteroatoms. The van der Waals surface area contributed by atoms with Crippen molar-refractivity contribution in [3.8, 4) is 5.88 Å². The van der Waals surface area contributed by atoms with Crippen molar-refractivity contribution >= 4 is 22.6 Å². The van der Waals surface area contributed by atoms with Crippen LogP contribution in [0.25, 0.3) is 10.9 Å². The minimum atomic E-state index is 0.0382. The number of benzene rings is 1. The third-order valence-electron chi connectivity index (χ3n) is 5.92. The van der Waals surface area contributed by atoms with Crippen LogP contribution >= 0.6 is 0 Å². The Balaban J connectivity index is 1.29. The highest BCUT2D eigenvalue weighted by Crippen LogP contribution is 2.26.